The molecule has 1 N–H and O–H groups in total. The van der Waals surface area contributed by atoms with E-state index in [4.69, 9.17) is 9.16 Å². The van der Waals surface area contributed by atoms with Gasteiger partial charge in [0, 0.05) is 12.1 Å². The first kappa shape index (κ1) is 18.4. The van der Waals surface area contributed by atoms with Crippen molar-refractivity contribution < 1.29 is 18.9 Å². The highest BCUT2D eigenvalue weighted by Crippen LogP contribution is 2.35. The van der Waals surface area contributed by atoms with Crippen LogP contribution in [0.4, 0.5) is 11.4 Å². The zero-order chi connectivity index (χ0) is 18.1. The summed E-state index contributed by atoms with van der Waals surface area (Å²) in [6.45, 7) is 10.3. The van der Waals surface area contributed by atoms with Crippen LogP contribution in [-0.2, 0) is 9.22 Å². The second-order valence-electron chi connectivity index (χ2n) is 7.29. The minimum atomic E-state index is -1.02. The number of fused-ring (bicyclic) bond motifs is 1. The molecule has 1 aliphatic heterocycles. The summed E-state index contributed by atoms with van der Waals surface area (Å²) in [5.74, 6) is 0.0918. The van der Waals surface area contributed by atoms with Gasteiger partial charge in [-0.05, 0) is 31.0 Å². The molecule has 1 heterocycles. The van der Waals surface area contributed by atoms with E-state index >= 15 is 0 Å². The number of nitrogens with zero attached hydrogens (tertiary/aromatic N) is 1. The van der Waals surface area contributed by atoms with Crippen molar-refractivity contribution in [3.05, 3.63) is 28.3 Å². The molecule has 2 rings (SSSR count). The largest absolute Gasteiger partial charge is 0.476 e. The number of non-ortho nitro benzene ring substituents is 1. The third-order valence-corrected chi connectivity index (χ3v) is 4.26. The molecule has 131 valence electrons. The van der Waals surface area contributed by atoms with Crippen LogP contribution < -0.4 is 10.1 Å². The first-order valence-electron chi connectivity index (χ1n) is 7.79. The summed E-state index contributed by atoms with van der Waals surface area (Å²) in [5.41, 5.74) is 0.200. The molecule has 0 aliphatic carbocycles. The van der Waals surface area contributed by atoms with Crippen molar-refractivity contribution in [2.24, 2.45) is 5.41 Å². The molecule has 2 atom stereocenters. The minimum absolute atomic E-state index is 0.0264. The van der Waals surface area contributed by atoms with E-state index < -0.39 is 20.1 Å². The van der Waals surface area contributed by atoms with Gasteiger partial charge in [0.15, 0.2) is 0 Å². The van der Waals surface area contributed by atoms with Gasteiger partial charge in [-0.1, -0.05) is 20.8 Å². The molecule has 7 nitrogen and oxygen atoms in total. The molecule has 1 amide bonds. The van der Waals surface area contributed by atoms with E-state index in [1.807, 2.05) is 13.1 Å². The molecule has 1 aromatic rings. The van der Waals surface area contributed by atoms with Crippen LogP contribution >= 0.6 is 0 Å². The fourth-order valence-electron chi connectivity index (χ4n) is 2.59. The lowest BCUT2D eigenvalue weighted by atomic mass is 9.87. The second kappa shape index (κ2) is 6.90. The number of hydrogen-bond donors (Lipinski definition) is 1. The summed E-state index contributed by atoms with van der Waals surface area (Å²) in [7, 11) is -1.02. The van der Waals surface area contributed by atoms with Gasteiger partial charge < -0.3 is 14.5 Å². The summed E-state index contributed by atoms with van der Waals surface area (Å²) in [6, 6.07) is 4.18. The molecule has 0 spiro atoms. The predicted octanol–water partition coefficient (Wildman–Crippen LogP) is 3.37. The van der Waals surface area contributed by atoms with Crippen molar-refractivity contribution in [3.63, 3.8) is 0 Å². The van der Waals surface area contributed by atoms with Gasteiger partial charge in [0.25, 0.3) is 11.6 Å². The van der Waals surface area contributed by atoms with Gasteiger partial charge in [-0.3, -0.25) is 14.9 Å². The Balaban J connectivity index is 2.27. The highest BCUT2D eigenvalue weighted by atomic mass is 28.3. The topological polar surface area (TPSA) is 90.7 Å². The third kappa shape index (κ3) is 4.54. The average molecular weight is 351 g/mol. The molecule has 0 aromatic heterocycles. The molecule has 1 aliphatic rings. The lowest BCUT2D eigenvalue weighted by molar-refractivity contribution is -0.384. The van der Waals surface area contributed by atoms with Crippen LogP contribution in [0.3, 0.4) is 0 Å². The molecule has 0 saturated heterocycles. The number of ether oxygens (including phenoxy) is 1. The molecule has 2 unspecified atom stereocenters. The average Bonchev–Trinajstić information content (AvgIpc) is 2.43. The lowest BCUT2D eigenvalue weighted by Crippen LogP contribution is -2.49. The number of rotatable bonds is 5. The molecular weight excluding hydrogens is 328 g/mol. The predicted molar refractivity (Wildman–Crippen MR) is 92.6 cm³/mol. The number of amides is 1. The summed E-state index contributed by atoms with van der Waals surface area (Å²) < 4.78 is 11.9. The number of anilines is 1. The number of hydrogen-bond acceptors (Lipinski definition) is 5. The maximum atomic E-state index is 12.5. The van der Waals surface area contributed by atoms with Gasteiger partial charge in [0.05, 0.1) is 16.7 Å². The Morgan fingerprint density at radius 1 is 1.42 bits per heavy atom. The molecular formula is C16H23N2O5Si. The lowest BCUT2D eigenvalue weighted by Gasteiger charge is -2.35. The maximum absolute atomic E-state index is 12.5. The quantitative estimate of drug-likeness (QED) is 0.499. The zero-order valence-electron chi connectivity index (χ0n) is 14.6. The normalized spacial score (nSPS) is 18.6. The van der Waals surface area contributed by atoms with Crippen molar-refractivity contribution in [1.29, 1.82) is 0 Å². The number of nitro benzene ring substituents is 1. The number of benzene rings is 1. The van der Waals surface area contributed by atoms with E-state index in [0.29, 0.717) is 17.9 Å². The first-order chi connectivity index (χ1) is 11.1. The van der Waals surface area contributed by atoms with Crippen molar-refractivity contribution in [3.8, 4) is 5.75 Å². The second-order valence-corrected chi connectivity index (χ2v) is 9.35. The Labute approximate surface area is 143 Å². The fourth-order valence-corrected chi connectivity index (χ4v) is 3.40. The van der Waals surface area contributed by atoms with Crippen molar-refractivity contribution in [1.82, 2.24) is 0 Å². The molecule has 1 aromatic carbocycles. The van der Waals surface area contributed by atoms with Crippen LogP contribution in [0.25, 0.3) is 0 Å². The number of carbonyl (C=O) groups is 1. The van der Waals surface area contributed by atoms with Crippen LogP contribution in [0.5, 0.6) is 5.75 Å². The van der Waals surface area contributed by atoms with Gasteiger partial charge in [-0.15, -0.1) is 0 Å². The minimum Gasteiger partial charge on any atom is -0.476 e. The summed E-state index contributed by atoms with van der Waals surface area (Å²) >= 11 is 0. The number of carbonyl (C=O) groups excluding carboxylic acids is 1. The molecule has 1 radical (unpaired) electrons. The zero-order valence-corrected chi connectivity index (χ0v) is 15.6. The number of nitro groups is 1. The molecule has 0 bridgehead atoms. The van der Waals surface area contributed by atoms with Gasteiger partial charge in [-0.25, -0.2) is 0 Å². The van der Waals surface area contributed by atoms with Crippen LogP contribution in [0.1, 0.15) is 27.2 Å². The van der Waals surface area contributed by atoms with Gasteiger partial charge in [-0.2, -0.15) is 0 Å². The summed E-state index contributed by atoms with van der Waals surface area (Å²) in [6.07, 6.45) is -0.459. The van der Waals surface area contributed by atoms with Crippen LogP contribution in [0.2, 0.25) is 13.1 Å². The van der Waals surface area contributed by atoms with E-state index in [-0.39, 0.29) is 23.1 Å². The number of nitrogens with one attached hydrogen (secondary N) is 1. The Kier molecular flexibility index (Phi) is 5.29. The smallest absolute Gasteiger partial charge is 0.271 e. The van der Waals surface area contributed by atoms with Crippen molar-refractivity contribution in [2.45, 2.75) is 52.5 Å². The Morgan fingerprint density at radius 3 is 2.62 bits per heavy atom. The van der Waals surface area contributed by atoms with Crippen LogP contribution in [0.15, 0.2) is 18.2 Å². The molecule has 0 saturated carbocycles. The van der Waals surface area contributed by atoms with Crippen LogP contribution in [-0.4, -0.2) is 32.1 Å². The van der Waals surface area contributed by atoms with E-state index in [0.717, 1.165) is 0 Å². The van der Waals surface area contributed by atoms with Crippen LogP contribution in [0, 0.1) is 15.5 Å². The monoisotopic (exact) mass is 351 g/mol. The Bertz CT molecular complexity index is 642. The molecule has 24 heavy (non-hydrogen) atoms. The van der Waals surface area contributed by atoms with E-state index in [1.165, 1.54) is 18.2 Å². The summed E-state index contributed by atoms with van der Waals surface area (Å²) in [4.78, 5) is 22.8. The van der Waals surface area contributed by atoms with Crippen molar-refractivity contribution in [2.75, 3.05) is 5.32 Å². The Morgan fingerprint density at radius 2 is 2.08 bits per heavy atom. The van der Waals surface area contributed by atoms with Crippen molar-refractivity contribution >= 4 is 26.3 Å². The van der Waals surface area contributed by atoms with Gasteiger partial charge >= 0.3 is 0 Å². The van der Waals surface area contributed by atoms with Gasteiger partial charge in [0.1, 0.15) is 5.75 Å². The third-order valence-electron chi connectivity index (χ3n) is 3.48. The fraction of sp³-hybridized carbons (Fsp3) is 0.562. The van der Waals surface area contributed by atoms with Gasteiger partial charge in [0.2, 0.25) is 15.1 Å². The summed E-state index contributed by atoms with van der Waals surface area (Å²) in [5, 5.41) is 13.6. The highest BCUT2D eigenvalue weighted by Gasteiger charge is 2.38. The van der Waals surface area contributed by atoms with E-state index in [1.54, 1.807) is 0 Å². The van der Waals surface area contributed by atoms with E-state index in [2.05, 4.69) is 26.1 Å². The van der Waals surface area contributed by atoms with E-state index in [9.17, 15) is 14.9 Å². The molecule has 0 fully saturated rings. The molecule has 8 heteroatoms. The maximum Gasteiger partial charge on any atom is 0.271 e. The highest BCUT2D eigenvalue weighted by molar-refractivity contribution is 6.48. The first-order valence-corrected chi connectivity index (χ1v) is 10.2. The Hall–Kier alpha value is -1.93. The SMILES string of the molecule is C[Si](C)OC(CC(C)(C)C)C1Oc2ccc([N+](=O)[O-])cc2NC1=O. The standard InChI is InChI=1S/C16H23N2O5Si/c1-16(2,3)9-13(23-24(4)5)14-15(19)17-11-8-10(18(20)21)6-7-12(11)22-14/h6-8,13-14H,9H2,1-5H3,(H,17,19).